The second kappa shape index (κ2) is 9.19. The zero-order chi connectivity index (χ0) is 19.9. The van der Waals surface area contributed by atoms with Crippen molar-refractivity contribution in [3.63, 3.8) is 0 Å². The lowest BCUT2D eigenvalue weighted by Gasteiger charge is -2.10. The van der Waals surface area contributed by atoms with Gasteiger partial charge in [-0.15, -0.1) is 0 Å². The molecule has 0 aliphatic carbocycles. The molecule has 0 saturated heterocycles. The molecule has 0 aliphatic heterocycles. The summed E-state index contributed by atoms with van der Waals surface area (Å²) in [4.78, 5) is 10.4. The molecule has 2 aromatic carbocycles. The van der Waals surface area contributed by atoms with Crippen LogP contribution in [0.4, 0.5) is 11.4 Å². The molecule has 0 heterocycles. The summed E-state index contributed by atoms with van der Waals surface area (Å²) in [5.41, 5.74) is -0.113. The van der Waals surface area contributed by atoms with Gasteiger partial charge in [0.15, 0.2) is 0 Å². The van der Waals surface area contributed by atoms with Crippen molar-refractivity contribution in [3.05, 3.63) is 52.6 Å². The van der Waals surface area contributed by atoms with E-state index in [1.54, 1.807) is 24.3 Å². The lowest BCUT2D eigenvalue weighted by molar-refractivity contribution is -0.384. The predicted molar refractivity (Wildman–Crippen MR) is 101 cm³/mol. The number of benzene rings is 2. The molecule has 2 rings (SSSR count). The minimum absolute atomic E-state index is 0.173. The van der Waals surface area contributed by atoms with Crippen LogP contribution in [-0.4, -0.2) is 40.1 Å². The zero-order valence-electron chi connectivity index (χ0n) is 15.0. The van der Waals surface area contributed by atoms with Crippen molar-refractivity contribution in [3.8, 4) is 11.5 Å². The van der Waals surface area contributed by atoms with E-state index in [0.29, 0.717) is 18.9 Å². The van der Waals surface area contributed by atoms with Crippen molar-refractivity contribution >= 4 is 21.4 Å². The smallest absolute Gasteiger partial charge is 0.293 e. The van der Waals surface area contributed by atoms with Crippen LogP contribution in [0.1, 0.15) is 6.92 Å². The van der Waals surface area contributed by atoms with Crippen molar-refractivity contribution < 1.29 is 22.8 Å². The molecule has 10 heteroatoms. The molecular weight excluding hydrogens is 374 g/mol. The van der Waals surface area contributed by atoms with E-state index < -0.39 is 14.9 Å². The fraction of sp³-hybridized carbons (Fsp3) is 0.294. The Labute approximate surface area is 157 Å². The Morgan fingerprint density at radius 1 is 1.07 bits per heavy atom. The van der Waals surface area contributed by atoms with E-state index in [2.05, 4.69) is 10.0 Å². The van der Waals surface area contributed by atoms with Crippen LogP contribution in [0.5, 0.6) is 11.5 Å². The van der Waals surface area contributed by atoms with Gasteiger partial charge in [-0.2, -0.15) is 0 Å². The molecule has 27 heavy (non-hydrogen) atoms. The molecule has 9 nitrogen and oxygen atoms in total. The lowest BCUT2D eigenvalue weighted by atomic mass is 10.2. The number of nitrogens with zero attached hydrogens (tertiary/aromatic N) is 1. The minimum atomic E-state index is -3.76. The van der Waals surface area contributed by atoms with E-state index in [-0.39, 0.29) is 22.9 Å². The van der Waals surface area contributed by atoms with Gasteiger partial charge in [-0.1, -0.05) is 0 Å². The summed E-state index contributed by atoms with van der Waals surface area (Å²) >= 11 is 0. The van der Waals surface area contributed by atoms with Crippen LogP contribution in [0.25, 0.3) is 0 Å². The van der Waals surface area contributed by atoms with Crippen molar-refractivity contribution in [1.29, 1.82) is 0 Å². The Bertz CT molecular complexity index is 884. The van der Waals surface area contributed by atoms with Gasteiger partial charge in [0.25, 0.3) is 5.69 Å². The van der Waals surface area contributed by atoms with Crippen LogP contribution < -0.4 is 19.5 Å². The molecule has 0 spiro atoms. The first-order chi connectivity index (χ1) is 12.9. The Morgan fingerprint density at radius 2 is 1.70 bits per heavy atom. The van der Waals surface area contributed by atoms with Gasteiger partial charge in [-0.25, -0.2) is 13.1 Å². The Balaban J connectivity index is 1.98. The quantitative estimate of drug-likeness (QED) is 0.360. The van der Waals surface area contributed by atoms with E-state index >= 15 is 0 Å². The third kappa shape index (κ3) is 5.56. The highest BCUT2D eigenvalue weighted by Crippen LogP contribution is 2.27. The summed E-state index contributed by atoms with van der Waals surface area (Å²) in [6.07, 6.45) is 0. The van der Waals surface area contributed by atoms with Gasteiger partial charge in [-0.3, -0.25) is 10.1 Å². The average molecular weight is 395 g/mol. The van der Waals surface area contributed by atoms with Crippen LogP contribution in [0.3, 0.4) is 0 Å². The van der Waals surface area contributed by atoms with E-state index in [0.717, 1.165) is 11.8 Å². The van der Waals surface area contributed by atoms with Crippen LogP contribution in [0.2, 0.25) is 0 Å². The van der Waals surface area contributed by atoms with Gasteiger partial charge >= 0.3 is 0 Å². The number of hydrogen-bond acceptors (Lipinski definition) is 7. The molecule has 0 fully saturated rings. The molecule has 0 bridgehead atoms. The van der Waals surface area contributed by atoms with Crippen LogP contribution in [0, 0.1) is 10.1 Å². The number of sulfonamides is 1. The van der Waals surface area contributed by atoms with Gasteiger partial charge in [0.2, 0.25) is 10.0 Å². The van der Waals surface area contributed by atoms with Crippen molar-refractivity contribution in [2.24, 2.45) is 0 Å². The van der Waals surface area contributed by atoms with E-state index in [1.807, 2.05) is 6.92 Å². The number of anilines is 1. The number of rotatable bonds is 10. The minimum Gasteiger partial charge on any atom is -0.494 e. The number of nitro groups is 1. The summed E-state index contributed by atoms with van der Waals surface area (Å²) in [6, 6.07) is 10.8. The summed E-state index contributed by atoms with van der Waals surface area (Å²) in [7, 11) is -2.52. The first kappa shape index (κ1) is 20.5. The Morgan fingerprint density at radius 3 is 2.26 bits per heavy atom. The number of nitrogens with one attached hydrogen (secondary N) is 2. The summed E-state index contributed by atoms with van der Waals surface area (Å²) in [5, 5.41) is 14.1. The maximum Gasteiger partial charge on any atom is 0.293 e. The standard InChI is InChI=1S/C17H21N3O6S/c1-3-25-13-4-6-14(7-5-13)26-11-10-19-16-9-8-15(27(23,24)18-2)12-17(16)20(21)22/h4-9,12,18-19H,3,10-11H2,1-2H3. The highest BCUT2D eigenvalue weighted by atomic mass is 32.2. The van der Waals surface area contributed by atoms with Crippen molar-refractivity contribution in [2.45, 2.75) is 11.8 Å². The molecular formula is C17H21N3O6S. The molecule has 0 unspecified atom stereocenters. The highest BCUT2D eigenvalue weighted by Gasteiger charge is 2.20. The predicted octanol–water partition coefficient (Wildman–Crippen LogP) is 2.39. The van der Waals surface area contributed by atoms with Gasteiger partial charge < -0.3 is 14.8 Å². The van der Waals surface area contributed by atoms with Crippen LogP contribution in [0.15, 0.2) is 47.4 Å². The largest absolute Gasteiger partial charge is 0.494 e. The Hall–Kier alpha value is -2.85. The number of nitro benzene ring substituents is 1. The number of ether oxygens (including phenoxy) is 2. The molecule has 2 aromatic rings. The summed E-state index contributed by atoms with van der Waals surface area (Å²) in [6.45, 7) is 3.04. The SMILES string of the molecule is CCOc1ccc(OCCNc2ccc(S(=O)(=O)NC)cc2[N+](=O)[O-])cc1. The summed E-state index contributed by atoms with van der Waals surface area (Å²) < 4.78 is 36.6. The second-order valence-electron chi connectivity index (χ2n) is 5.32. The molecule has 0 aliphatic rings. The first-order valence-corrected chi connectivity index (χ1v) is 9.67. The third-order valence-corrected chi connectivity index (χ3v) is 4.98. The summed E-state index contributed by atoms with van der Waals surface area (Å²) in [5.74, 6) is 1.39. The first-order valence-electron chi connectivity index (χ1n) is 8.19. The zero-order valence-corrected chi connectivity index (χ0v) is 15.8. The number of hydrogen-bond donors (Lipinski definition) is 2. The fourth-order valence-corrected chi connectivity index (χ4v) is 3.00. The molecule has 0 saturated carbocycles. The van der Waals surface area contributed by atoms with Crippen molar-refractivity contribution in [2.75, 3.05) is 32.1 Å². The Kier molecular flexibility index (Phi) is 6.97. The van der Waals surface area contributed by atoms with E-state index in [9.17, 15) is 18.5 Å². The van der Waals surface area contributed by atoms with Gasteiger partial charge in [0, 0.05) is 12.6 Å². The molecule has 0 atom stereocenters. The van der Waals surface area contributed by atoms with E-state index in [1.165, 1.54) is 19.2 Å². The van der Waals surface area contributed by atoms with Gasteiger partial charge in [-0.05, 0) is 50.4 Å². The maximum atomic E-state index is 11.8. The van der Waals surface area contributed by atoms with Gasteiger partial charge in [0.05, 0.1) is 16.4 Å². The average Bonchev–Trinajstić information content (AvgIpc) is 2.66. The molecule has 0 radical (unpaired) electrons. The fourth-order valence-electron chi connectivity index (χ4n) is 2.25. The van der Waals surface area contributed by atoms with Crippen LogP contribution in [-0.2, 0) is 10.0 Å². The normalized spacial score (nSPS) is 11.0. The van der Waals surface area contributed by atoms with Gasteiger partial charge in [0.1, 0.15) is 23.8 Å². The third-order valence-electron chi connectivity index (χ3n) is 3.57. The van der Waals surface area contributed by atoms with E-state index in [4.69, 9.17) is 9.47 Å². The molecule has 0 amide bonds. The topological polar surface area (TPSA) is 120 Å². The monoisotopic (exact) mass is 395 g/mol. The lowest BCUT2D eigenvalue weighted by Crippen LogP contribution is -2.19. The maximum absolute atomic E-state index is 11.8. The highest BCUT2D eigenvalue weighted by molar-refractivity contribution is 7.89. The van der Waals surface area contributed by atoms with Crippen LogP contribution >= 0.6 is 0 Å². The molecule has 2 N–H and O–H groups in total. The molecule has 0 aromatic heterocycles. The second-order valence-corrected chi connectivity index (χ2v) is 7.21. The van der Waals surface area contributed by atoms with Crippen molar-refractivity contribution in [1.82, 2.24) is 4.72 Å². The molecule has 146 valence electrons.